The number of rotatable bonds is 5. The number of hydrogen-bond acceptors (Lipinski definition) is 4. The number of halogens is 2. The number of thiocarbonyl (C=S) groups is 1. The van der Waals surface area contributed by atoms with Crippen LogP contribution in [0, 0.1) is 0 Å². The number of nitrogens with one attached hydrogen (secondary N) is 2. The minimum atomic E-state index is -1.16. The molecule has 2 aromatic carbocycles. The SMILES string of the molecule is O=C(CSc1ccc(Cl)cc1)NC(=S)Nc1ccc(Cl)cc1C(=O)O. The fraction of sp³-hybridized carbons (Fsp3) is 0.0625. The van der Waals surface area contributed by atoms with Gasteiger partial charge in [-0.15, -0.1) is 11.8 Å². The molecule has 1 amide bonds. The molecule has 0 spiro atoms. The molecule has 3 N–H and O–H groups in total. The van der Waals surface area contributed by atoms with Gasteiger partial charge in [-0.2, -0.15) is 0 Å². The molecule has 0 atom stereocenters. The van der Waals surface area contributed by atoms with Gasteiger partial charge in [0.1, 0.15) is 0 Å². The summed E-state index contributed by atoms with van der Waals surface area (Å²) in [6.45, 7) is 0. The maximum absolute atomic E-state index is 11.9. The van der Waals surface area contributed by atoms with Crippen LogP contribution in [0.15, 0.2) is 47.4 Å². The number of anilines is 1. The van der Waals surface area contributed by atoms with Gasteiger partial charge in [0.15, 0.2) is 5.11 Å². The molecule has 0 radical (unpaired) electrons. The standard InChI is InChI=1S/C16H12Cl2N2O3S2/c17-9-1-4-11(5-2-9)25-8-14(21)20-16(24)19-13-6-3-10(18)7-12(13)15(22)23/h1-7H,8H2,(H,22,23)(H2,19,20,21,24). The van der Waals surface area contributed by atoms with Crippen LogP contribution in [-0.4, -0.2) is 27.8 Å². The number of carbonyl (C=O) groups excluding carboxylic acids is 1. The summed E-state index contributed by atoms with van der Waals surface area (Å²) >= 11 is 18.0. The number of carboxylic acid groups (broad SMARTS) is 1. The predicted octanol–water partition coefficient (Wildman–Crippen LogP) is 4.30. The summed E-state index contributed by atoms with van der Waals surface area (Å²) in [4.78, 5) is 24.0. The van der Waals surface area contributed by atoms with Gasteiger partial charge < -0.3 is 15.7 Å². The van der Waals surface area contributed by atoms with Gasteiger partial charge in [0.2, 0.25) is 5.91 Å². The molecule has 0 saturated carbocycles. The molecular formula is C16H12Cl2N2O3S2. The third-order valence-corrected chi connectivity index (χ3v) is 4.60. The van der Waals surface area contributed by atoms with Gasteiger partial charge in [0.05, 0.1) is 17.0 Å². The average Bonchev–Trinajstić information content (AvgIpc) is 2.55. The Hall–Kier alpha value is -1.80. The van der Waals surface area contributed by atoms with Gasteiger partial charge in [-0.1, -0.05) is 23.2 Å². The Morgan fingerprint density at radius 1 is 1.08 bits per heavy atom. The van der Waals surface area contributed by atoms with Gasteiger partial charge in [0, 0.05) is 14.9 Å². The molecule has 0 saturated heterocycles. The Morgan fingerprint density at radius 3 is 2.36 bits per heavy atom. The number of benzene rings is 2. The van der Waals surface area contributed by atoms with Crippen molar-refractivity contribution < 1.29 is 14.7 Å². The lowest BCUT2D eigenvalue weighted by atomic mass is 10.2. The first-order chi connectivity index (χ1) is 11.8. The smallest absolute Gasteiger partial charge is 0.337 e. The van der Waals surface area contributed by atoms with Gasteiger partial charge in [-0.25, -0.2) is 4.79 Å². The Kier molecular flexibility index (Phi) is 7.07. The number of amides is 1. The van der Waals surface area contributed by atoms with Crippen molar-refractivity contribution in [3.63, 3.8) is 0 Å². The molecule has 2 rings (SSSR count). The van der Waals surface area contributed by atoms with Crippen LogP contribution in [-0.2, 0) is 4.79 Å². The number of carboxylic acids is 1. The number of thioether (sulfide) groups is 1. The van der Waals surface area contributed by atoms with E-state index in [4.69, 9.17) is 35.4 Å². The van der Waals surface area contributed by atoms with E-state index >= 15 is 0 Å². The summed E-state index contributed by atoms with van der Waals surface area (Å²) in [5.41, 5.74) is 0.201. The maximum atomic E-state index is 11.9. The highest BCUT2D eigenvalue weighted by molar-refractivity contribution is 8.00. The molecule has 9 heteroatoms. The third kappa shape index (κ3) is 6.21. The summed E-state index contributed by atoms with van der Waals surface area (Å²) in [6, 6.07) is 11.4. The van der Waals surface area contributed by atoms with Crippen molar-refractivity contribution in [3.05, 3.63) is 58.1 Å². The first-order valence-corrected chi connectivity index (χ1v) is 9.02. The highest BCUT2D eigenvalue weighted by Crippen LogP contribution is 2.21. The van der Waals surface area contributed by atoms with Crippen LogP contribution in [0.4, 0.5) is 5.69 Å². The Morgan fingerprint density at radius 2 is 1.72 bits per heavy atom. The first kappa shape index (κ1) is 19.5. The van der Waals surface area contributed by atoms with E-state index < -0.39 is 5.97 Å². The molecule has 5 nitrogen and oxygen atoms in total. The molecule has 0 bridgehead atoms. The van der Waals surface area contributed by atoms with Crippen molar-refractivity contribution in [3.8, 4) is 0 Å². The van der Waals surface area contributed by atoms with Gasteiger partial charge >= 0.3 is 5.97 Å². The number of carbonyl (C=O) groups is 2. The largest absolute Gasteiger partial charge is 0.478 e. The van der Waals surface area contributed by atoms with Crippen molar-refractivity contribution >= 4 is 69.9 Å². The summed E-state index contributed by atoms with van der Waals surface area (Å²) < 4.78 is 0. The summed E-state index contributed by atoms with van der Waals surface area (Å²) in [5, 5.41) is 15.3. The molecule has 2 aromatic rings. The van der Waals surface area contributed by atoms with E-state index in [0.29, 0.717) is 5.02 Å². The second kappa shape index (κ2) is 9.05. The lowest BCUT2D eigenvalue weighted by Gasteiger charge is -2.12. The quantitative estimate of drug-likeness (QED) is 0.499. The van der Waals surface area contributed by atoms with Crippen molar-refractivity contribution in [2.24, 2.45) is 0 Å². The summed E-state index contributed by atoms with van der Waals surface area (Å²) in [7, 11) is 0. The topological polar surface area (TPSA) is 78.4 Å². The zero-order valence-electron chi connectivity index (χ0n) is 12.6. The normalized spacial score (nSPS) is 10.2. The molecule has 0 aliphatic rings. The van der Waals surface area contributed by atoms with Crippen LogP contribution in [0.5, 0.6) is 0 Å². The zero-order chi connectivity index (χ0) is 18.4. The molecule has 0 fully saturated rings. The van der Waals surface area contributed by atoms with E-state index in [-0.39, 0.29) is 33.0 Å². The minimum Gasteiger partial charge on any atom is -0.478 e. The van der Waals surface area contributed by atoms with E-state index in [1.165, 1.54) is 30.0 Å². The molecule has 0 unspecified atom stereocenters. The van der Waals surface area contributed by atoms with E-state index in [0.717, 1.165) is 4.90 Å². The second-order valence-electron chi connectivity index (χ2n) is 4.74. The Bertz CT molecular complexity index is 814. The molecule has 0 aliphatic heterocycles. The van der Waals surface area contributed by atoms with Crippen molar-refractivity contribution in [1.82, 2.24) is 5.32 Å². The molecule has 0 aliphatic carbocycles. The van der Waals surface area contributed by atoms with Crippen LogP contribution in [0.1, 0.15) is 10.4 Å². The molecule has 0 heterocycles. The first-order valence-electron chi connectivity index (χ1n) is 6.87. The molecule has 0 aromatic heterocycles. The molecular weight excluding hydrogens is 403 g/mol. The predicted molar refractivity (Wildman–Crippen MR) is 105 cm³/mol. The highest BCUT2D eigenvalue weighted by atomic mass is 35.5. The maximum Gasteiger partial charge on any atom is 0.337 e. The fourth-order valence-corrected chi connectivity index (χ4v) is 3.02. The van der Waals surface area contributed by atoms with Crippen molar-refractivity contribution in [2.75, 3.05) is 11.1 Å². The lowest BCUT2D eigenvalue weighted by Crippen LogP contribution is -2.35. The summed E-state index contributed by atoms with van der Waals surface area (Å²) in [6.07, 6.45) is 0. The van der Waals surface area contributed by atoms with Gasteiger partial charge in [-0.05, 0) is 54.7 Å². The second-order valence-corrected chi connectivity index (χ2v) is 7.07. The van der Waals surface area contributed by atoms with Gasteiger partial charge in [0.25, 0.3) is 0 Å². The van der Waals surface area contributed by atoms with E-state index in [1.54, 1.807) is 12.1 Å². The van der Waals surface area contributed by atoms with Gasteiger partial charge in [-0.3, -0.25) is 4.79 Å². The fourth-order valence-electron chi connectivity index (χ4n) is 1.80. The van der Waals surface area contributed by atoms with Crippen molar-refractivity contribution in [2.45, 2.75) is 4.90 Å². The molecule has 130 valence electrons. The van der Waals surface area contributed by atoms with E-state index in [2.05, 4.69) is 10.6 Å². The van der Waals surface area contributed by atoms with E-state index in [1.807, 2.05) is 12.1 Å². The van der Waals surface area contributed by atoms with Crippen LogP contribution < -0.4 is 10.6 Å². The number of hydrogen-bond donors (Lipinski definition) is 3. The number of aromatic carboxylic acids is 1. The van der Waals surface area contributed by atoms with Crippen LogP contribution in [0.25, 0.3) is 0 Å². The van der Waals surface area contributed by atoms with Crippen molar-refractivity contribution in [1.29, 1.82) is 0 Å². The third-order valence-electron chi connectivity index (χ3n) is 2.90. The van der Waals surface area contributed by atoms with Crippen LogP contribution in [0.3, 0.4) is 0 Å². The average molecular weight is 415 g/mol. The summed E-state index contributed by atoms with van der Waals surface area (Å²) in [5.74, 6) is -1.32. The molecule has 25 heavy (non-hydrogen) atoms. The highest BCUT2D eigenvalue weighted by Gasteiger charge is 2.13. The Labute approximate surface area is 163 Å². The zero-order valence-corrected chi connectivity index (χ0v) is 15.7. The lowest BCUT2D eigenvalue weighted by molar-refractivity contribution is -0.117. The van der Waals surface area contributed by atoms with E-state index in [9.17, 15) is 14.7 Å². The monoisotopic (exact) mass is 414 g/mol. The van der Waals surface area contributed by atoms with Crippen LogP contribution >= 0.6 is 47.2 Å². The Balaban J connectivity index is 1.90. The minimum absolute atomic E-state index is 0.00604. The van der Waals surface area contributed by atoms with Crippen LogP contribution in [0.2, 0.25) is 10.0 Å².